The zero-order valence-corrected chi connectivity index (χ0v) is 18.3. The van der Waals surface area contributed by atoms with Gasteiger partial charge in [-0.15, -0.1) is 0 Å². The minimum atomic E-state index is -0.242. The monoisotopic (exact) mass is 431 g/mol. The summed E-state index contributed by atoms with van der Waals surface area (Å²) < 4.78 is 0. The van der Waals surface area contributed by atoms with Crippen LogP contribution in [0.5, 0.6) is 0 Å². The summed E-state index contributed by atoms with van der Waals surface area (Å²) in [5, 5.41) is 15.4. The Balaban J connectivity index is 0.00000300. The van der Waals surface area contributed by atoms with Crippen molar-refractivity contribution in [2.24, 2.45) is 5.41 Å². The van der Waals surface area contributed by atoms with E-state index in [1.54, 1.807) is 0 Å². The zero-order chi connectivity index (χ0) is 20.1. The van der Waals surface area contributed by atoms with Gasteiger partial charge in [-0.05, 0) is 55.2 Å². The van der Waals surface area contributed by atoms with Gasteiger partial charge in [0.1, 0.15) is 5.41 Å². The van der Waals surface area contributed by atoms with E-state index >= 15 is 0 Å². The molecule has 1 aliphatic rings. The molecule has 2 atom stereocenters. The highest BCUT2D eigenvalue weighted by Crippen LogP contribution is 2.28. The molecule has 1 fully saturated rings. The molecular formula is C23H27Cl2N3O. The van der Waals surface area contributed by atoms with Crippen LogP contribution in [0.3, 0.4) is 0 Å². The number of nitriles is 1. The Hall–Kier alpha value is -2.06. The first-order chi connectivity index (χ1) is 13.5. The molecule has 0 aromatic heterocycles. The topological polar surface area (TPSA) is 69.5 Å². The number of nitrogens with two attached hydrogens (primary N) is 1. The number of benzene rings is 2. The van der Waals surface area contributed by atoms with Gasteiger partial charge in [0.2, 0.25) is 5.91 Å². The predicted molar refractivity (Wildman–Crippen MR) is 111 cm³/mol. The number of hydrogen-bond acceptors (Lipinski definition) is 2. The number of carbonyl (C=O) groups is 1. The van der Waals surface area contributed by atoms with Gasteiger partial charge >= 0.3 is 0 Å². The van der Waals surface area contributed by atoms with Gasteiger partial charge in [-0.3, -0.25) is 4.79 Å². The van der Waals surface area contributed by atoms with E-state index in [4.69, 9.17) is 11.6 Å². The van der Waals surface area contributed by atoms with E-state index in [0.717, 1.165) is 37.1 Å². The summed E-state index contributed by atoms with van der Waals surface area (Å²) in [4.78, 5) is 12.9. The molecule has 2 aromatic rings. The number of hydrogen-bond donors (Lipinski definition) is 2. The van der Waals surface area contributed by atoms with Crippen molar-refractivity contribution in [3.05, 3.63) is 70.2 Å². The number of nitrogens with one attached hydrogen (secondary N) is 1. The fourth-order valence-electron chi connectivity index (χ4n) is 3.88. The Morgan fingerprint density at radius 1 is 1.28 bits per heavy atom. The maximum Gasteiger partial charge on any atom is 0.237 e. The Labute approximate surface area is 184 Å². The van der Waals surface area contributed by atoms with Gasteiger partial charge in [0.15, 0.2) is 0 Å². The maximum absolute atomic E-state index is 12.9. The minimum Gasteiger partial charge on any atom is -1.00 e. The van der Waals surface area contributed by atoms with Crippen molar-refractivity contribution in [2.45, 2.75) is 38.6 Å². The molecule has 1 amide bonds. The van der Waals surface area contributed by atoms with Crippen LogP contribution in [-0.2, 0) is 11.2 Å². The Kier molecular flexibility index (Phi) is 8.10. The van der Waals surface area contributed by atoms with Gasteiger partial charge in [0.25, 0.3) is 0 Å². The molecule has 6 heteroatoms. The van der Waals surface area contributed by atoms with E-state index in [-0.39, 0.29) is 35.7 Å². The summed E-state index contributed by atoms with van der Waals surface area (Å²) in [6.45, 7) is 5.85. The molecule has 3 N–H and O–H groups in total. The van der Waals surface area contributed by atoms with Crippen LogP contribution in [0.2, 0.25) is 5.02 Å². The van der Waals surface area contributed by atoms with Crippen molar-refractivity contribution >= 4 is 17.5 Å². The highest BCUT2D eigenvalue weighted by Gasteiger charge is 2.47. The predicted octanol–water partition coefficient (Wildman–Crippen LogP) is 0.0201. The number of carbonyl (C=O) groups excluding carboxylic acids is 1. The average molecular weight is 432 g/mol. The number of nitrogens with zero attached hydrogens (tertiary/aromatic N) is 1. The van der Waals surface area contributed by atoms with Crippen LogP contribution in [0.1, 0.15) is 42.9 Å². The van der Waals surface area contributed by atoms with E-state index < -0.39 is 0 Å². The summed E-state index contributed by atoms with van der Waals surface area (Å²) in [5.74, 6) is 0.207. The van der Waals surface area contributed by atoms with Crippen LogP contribution in [-0.4, -0.2) is 25.0 Å². The molecule has 3 rings (SSSR count). The Morgan fingerprint density at radius 2 is 1.97 bits per heavy atom. The highest BCUT2D eigenvalue weighted by atomic mass is 35.5. The molecule has 2 aromatic carbocycles. The molecule has 1 aliphatic heterocycles. The van der Waals surface area contributed by atoms with Crippen LogP contribution >= 0.6 is 11.6 Å². The van der Waals surface area contributed by atoms with Crippen molar-refractivity contribution in [3.63, 3.8) is 0 Å². The summed E-state index contributed by atoms with van der Waals surface area (Å²) in [5.41, 5.74) is 2.61. The lowest BCUT2D eigenvalue weighted by Crippen LogP contribution is -3.01. The molecule has 29 heavy (non-hydrogen) atoms. The number of amides is 1. The van der Waals surface area contributed by atoms with Crippen molar-refractivity contribution in [1.29, 1.82) is 5.26 Å². The van der Waals surface area contributed by atoms with Gasteiger partial charge in [0, 0.05) is 17.0 Å². The normalized spacial score (nSPS) is 16.5. The minimum absolute atomic E-state index is 0. The quantitative estimate of drug-likeness (QED) is 0.648. The van der Waals surface area contributed by atoms with Crippen molar-refractivity contribution in [2.75, 3.05) is 13.1 Å². The lowest BCUT2D eigenvalue weighted by Gasteiger charge is -2.38. The van der Waals surface area contributed by atoms with Crippen LogP contribution < -0.4 is 23.0 Å². The zero-order valence-electron chi connectivity index (χ0n) is 16.8. The molecule has 0 bridgehead atoms. The largest absolute Gasteiger partial charge is 1.00 e. The van der Waals surface area contributed by atoms with Gasteiger partial charge in [-0.25, -0.2) is 0 Å². The third-order valence-corrected chi connectivity index (χ3v) is 6.26. The fourth-order valence-corrected chi connectivity index (χ4v) is 4.01. The van der Waals surface area contributed by atoms with Crippen LogP contribution in [0.15, 0.2) is 48.5 Å². The summed E-state index contributed by atoms with van der Waals surface area (Å²) >= 11 is 6.03. The molecule has 1 saturated heterocycles. The highest BCUT2D eigenvalue weighted by molar-refractivity contribution is 6.30. The average Bonchev–Trinajstić information content (AvgIpc) is 2.67. The summed E-state index contributed by atoms with van der Waals surface area (Å²) in [6, 6.07) is 17.7. The Morgan fingerprint density at radius 3 is 2.52 bits per heavy atom. The lowest BCUT2D eigenvalue weighted by atomic mass is 9.77. The van der Waals surface area contributed by atoms with Gasteiger partial charge in [-0.1, -0.05) is 42.8 Å². The number of rotatable bonds is 7. The van der Waals surface area contributed by atoms with Crippen LogP contribution in [0.4, 0.5) is 0 Å². The molecule has 0 spiro atoms. The second-order valence-corrected chi connectivity index (χ2v) is 8.20. The van der Waals surface area contributed by atoms with Crippen LogP contribution in [0.25, 0.3) is 0 Å². The van der Waals surface area contributed by atoms with Crippen molar-refractivity contribution in [3.8, 4) is 6.07 Å². The second-order valence-electron chi connectivity index (χ2n) is 7.77. The Bertz CT molecular complexity index is 867. The van der Waals surface area contributed by atoms with Gasteiger partial charge < -0.3 is 23.0 Å². The first-order valence-corrected chi connectivity index (χ1v) is 10.2. The van der Waals surface area contributed by atoms with E-state index in [1.807, 2.05) is 48.5 Å². The standard InChI is InChI=1S/C23H26ClN3O.ClH/c1-3-23(14-26-15-23)22(28)27-16(2)21(12-17-7-9-20(24)10-8-17)19-6-4-5-18(11-19)13-25;/h4-11,16,21,26H,3,12,14-15H2,1-2H3,(H,27,28);1H/t16-,21+;/m0./s1. The third-order valence-electron chi connectivity index (χ3n) is 6.00. The molecule has 0 aliphatic carbocycles. The van der Waals surface area contributed by atoms with E-state index in [9.17, 15) is 10.1 Å². The smallest absolute Gasteiger partial charge is 0.237 e. The molecule has 1 heterocycles. The van der Waals surface area contributed by atoms with Crippen molar-refractivity contribution in [1.82, 2.24) is 5.32 Å². The summed E-state index contributed by atoms with van der Waals surface area (Å²) in [7, 11) is 0. The number of halogens is 2. The summed E-state index contributed by atoms with van der Waals surface area (Å²) in [6.07, 6.45) is 1.62. The second kappa shape index (κ2) is 10.1. The maximum atomic E-state index is 12.9. The van der Waals surface area contributed by atoms with Gasteiger partial charge in [-0.2, -0.15) is 5.26 Å². The van der Waals surface area contributed by atoms with Crippen LogP contribution in [0, 0.1) is 16.7 Å². The molecular weight excluding hydrogens is 405 g/mol. The number of quaternary nitrogens is 1. The molecule has 0 unspecified atom stereocenters. The molecule has 0 saturated carbocycles. The SMILES string of the molecule is CCC1(C(=O)N[C@@H](C)[C@@H](Cc2ccc(Cl)cc2)c2cccc(C#N)c2)C[NH2+]C1.[Cl-]. The molecule has 154 valence electrons. The first kappa shape index (κ1) is 23.2. The molecule has 0 radical (unpaired) electrons. The van der Waals surface area contributed by atoms with Crippen molar-refractivity contribution < 1.29 is 22.5 Å². The molecule has 4 nitrogen and oxygen atoms in total. The first-order valence-electron chi connectivity index (χ1n) is 9.84. The fraction of sp³-hybridized carbons (Fsp3) is 0.391. The third kappa shape index (κ3) is 5.30. The van der Waals surface area contributed by atoms with E-state index in [1.165, 1.54) is 0 Å². The van der Waals surface area contributed by atoms with E-state index in [0.29, 0.717) is 10.6 Å². The van der Waals surface area contributed by atoms with E-state index in [2.05, 4.69) is 30.6 Å². The lowest BCUT2D eigenvalue weighted by molar-refractivity contribution is -0.734. The van der Waals surface area contributed by atoms with Gasteiger partial charge in [0.05, 0.1) is 24.7 Å².